The van der Waals surface area contributed by atoms with Gasteiger partial charge in [-0.25, -0.2) is 4.98 Å². The molecule has 0 amide bonds. The summed E-state index contributed by atoms with van der Waals surface area (Å²) in [5.74, 6) is 2.92. The van der Waals surface area contributed by atoms with E-state index in [2.05, 4.69) is 48.4 Å². The van der Waals surface area contributed by atoms with E-state index < -0.39 is 0 Å². The highest BCUT2D eigenvalue weighted by Gasteiger charge is 2.22. The molecule has 0 radical (unpaired) electrons. The minimum Gasteiger partial charge on any atom is -0.457 e. The quantitative estimate of drug-likeness (QED) is 0.718. The van der Waals surface area contributed by atoms with Gasteiger partial charge in [0.05, 0.1) is 17.0 Å². The lowest BCUT2D eigenvalue weighted by molar-refractivity contribution is 0.263. The van der Waals surface area contributed by atoms with Gasteiger partial charge >= 0.3 is 0 Å². The Kier molecular flexibility index (Phi) is 4.68. The van der Waals surface area contributed by atoms with E-state index in [0.29, 0.717) is 12.0 Å². The average Bonchev–Trinajstić information content (AvgIpc) is 3.20. The third kappa shape index (κ3) is 3.46. The summed E-state index contributed by atoms with van der Waals surface area (Å²) in [5, 5.41) is 8.82. The Morgan fingerprint density at radius 3 is 2.56 bits per heavy atom. The number of nitrogens with zero attached hydrogens (tertiary/aromatic N) is 3. The molecule has 1 N–H and O–H groups in total. The molecule has 1 aliphatic heterocycles. The third-order valence-corrected chi connectivity index (χ3v) is 5.44. The maximum Gasteiger partial charge on any atom is 0.176 e. The van der Waals surface area contributed by atoms with Gasteiger partial charge in [0.1, 0.15) is 11.5 Å². The summed E-state index contributed by atoms with van der Waals surface area (Å²) in [5.41, 5.74) is 3.55. The van der Waals surface area contributed by atoms with Crippen LogP contribution < -0.4 is 5.32 Å². The van der Waals surface area contributed by atoms with Crippen molar-refractivity contribution < 1.29 is 8.94 Å². The molecule has 0 bridgehead atoms. The van der Waals surface area contributed by atoms with E-state index in [4.69, 9.17) is 13.9 Å². The van der Waals surface area contributed by atoms with Crippen LogP contribution in [0.5, 0.6) is 0 Å². The molecular weight excluding hydrogens is 340 g/mol. The molecule has 0 aromatic carbocycles. The topological polar surface area (TPSA) is 67.3 Å². The number of hydrogen-bond donors (Lipinski definition) is 1. The summed E-state index contributed by atoms with van der Waals surface area (Å²) in [4.78, 5) is 7.30. The van der Waals surface area contributed by atoms with Gasteiger partial charge in [0.15, 0.2) is 11.4 Å². The molecule has 0 saturated carbocycles. The van der Waals surface area contributed by atoms with Crippen LogP contribution in [0, 0.1) is 13.8 Å². The van der Waals surface area contributed by atoms with Crippen LogP contribution in [0.3, 0.4) is 0 Å². The lowest BCUT2D eigenvalue weighted by Gasteiger charge is -2.29. The smallest absolute Gasteiger partial charge is 0.176 e. The standard InChI is InChI=1S/C21H28N4O2/c1-12(2)18-11-15-10-17(19-13(3)24-27-14(19)4)23-21(20(15)26-18)22-16-6-8-25(5)9-7-16/h10-12,16H,6-9H2,1-5H3,(H,22,23). The number of nitrogens with one attached hydrogen (secondary N) is 1. The number of fused-ring (bicyclic) bond motifs is 1. The number of pyridine rings is 1. The number of likely N-dealkylation sites (tertiary alicyclic amines) is 1. The summed E-state index contributed by atoms with van der Waals surface area (Å²) >= 11 is 0. The second-order valence-corrected chi connectivity index (χ2v) is 8.00. The molecule has 0 aliphatic carbocycles. The van der Waals surface area contributed by atoms with Crippen LogP contribution in [0.2, 0.25) is 0 Å². The Bertz CT molecular complexity index is 929. The number of furan rings is 1. The van der Waals surface area contributed by atoms with E-state index in [1.54, 1.807) is 0 Å². The zero-order valence-corrected chi connectivity index (χ0v) is 16.8. The highest BCUT2D eigenvalue weighted by atomic mass is 16.5. The average molecular weight is 368 g/mol. The van der Waals surface area contributed by atoms with Gasteiger partial charge in [-0.1, -0.05) is 19.0 Å². The number of aryl methyl sites for hydroxylation is 2. The molecule has 1 fully saturated rings. The van der Waals surface area contributed by atoms with Crippen LogP contribution in [-0.4, -0.2) is 41.2 Å². The fourth-order valence-corrected chi connectivity index (χ4v) is 3.77. The van der Waals surface area contributed by atoms with Gasteiger partial charge in [-0.3, -0.25) is 0 Å². The first-order chi connectivity index (χ1) is 12.9. The van der Waals surface area contributed by atoms with Gasteiger partial charge in [0.2, 0.25) is 0 Å². The van der Waals surface area contributed by atoms with E-state index in [1.807, 2.05) is 13.8 Å². The molecule has 4 rings (SSSR count). The number of anilines is 1. The van der Waals surface area contributed by atoms with Gasteiger partial charge in [0.25, 0.3) is 0 Å². The Labute approximate surface area is 159 Å². The highest BCUT2D eigenvalue weighted by Crippen LogP contribution is 2.35. The Balaban J connectivity index is 1.79. The summed E-state index contributed by atoms with van der Waals surface area (Å²) in [6.07, 6.45) is 2.21. The minimum absolute atomic E-state index is 0.330. The number of piperidine rings is 1. The van der Waals surface area contributed by atoms with Crippen molar-refractivity contribution in [3.63, 3.8) is 0 Å². The van der Waals surface area contributed by atoms with Crippen molar-refractivity contribution in [1.82, 2.24) is 15.0 Å². The molecule has 6 nitrogen and oxygen atoms in total. The summed E-state index contributed by atoms with van der Waals surface area (Å²) in [6.45, 7) is 10.4. The predicted molar refractivity (Wildman–Crippen MR) is 107 cm³/mol. The predicted octanol–water partition coefficient (Wildman–Crippen LogP) is 4.73. The molecule has 0 spiro atoms. The van der Waals surface area contributed by atoms with Crippen LogP contribution in [0.25, 0.3) is 22.2 Å². The second-order valence-electron chi connectivity index (χ2n) is 8.00. The maximum absolute atomic E-state index is 6.18. The molecule has 3 aromatic rings. The molecule has 0 unspecified atom stereocenters. The molecule has 1 saturated heterocycles. The first-order valence-corrected chi connectivity index (χ1v) is 9.75. The first kappa shape index (κ1) is 18.0. The molecule has 27 heavy (non-hydrogen) atoms. The Hall–Kier alpha value is -2.34. The molecule has 0 atom stereocenters. The maximum atomic E-state index is 6.18. The van der Waals surface area contributed by atoms with E-state index in [9.17, 15) is 0 Å². The fourth-order valence-electron chi connectivity index (χ4n) is 3.77. The lowest BCUT2D eigenvalue weighted by Crippen LogP contribution is -2.36. The lowest BCUT2D eigenvalue weighted by atomic mass is 10.0. The SMILES string of the molecule is Cc1noc(C)c1-c1cc2cc(C(C)C)oc2c(NC2CCN(C)CC2)n1. The summed E-state index contributed by atoms with van der Waals surface area (Å²) in [6, 6.07) is 4.62. The van der Waals surface area contributed by atoms with Crippen molar-refractivity contribution in [3.05, 3.63) is 29.3 Å². The minimum atomic E-state index is 0.330. The van der Waals surface area contributed by atoms with Crippen molar-refractivity contribution in [2.75, 3.05) is 25.5 Å². The zero-order valence-electron chi connectivity index (χ0n) is 16.8. The first-order valence-electron chi connectivity index (χ1n) is 9.75. The molecular formula is C21H28N4O2. The second kappa shape index (κ2) is 7.00. The van der Waals surface area contributed by atoms with Crippen molar-refractivity contribution in [1.29, 1.82) is 0 Å². The highest BCUT2D eigenvalue weighted by molar-refractivity contribution is 5.91. The molecule has 3 aromatic heterocycles. The molecule has 144 valence electrons. The summed E-state index contributed by atoms with van der Waals surface area (Å²) < 4.78 is 11.5. The Morgan fingerprint density at radius 1 is 1.19 bits per heavy atom. The van der Waals surface area contributed by atoms with E-state index in [0.717, 1.165) is 71.2 Å². The molecule has 4 heterocycles. The number of aromatic nitrogens is 2. The fraction of sp³-hybridized carbons (Fsp3) is 0.524. The van der Waals surface area contributed by atoms with E-state index in [1.165, 1.54) is 0 Å². The van der Waals surface area contributed by atoms with Gasteiger partial charge in [-0.05, 0) is 59.0 Å². The van der Waals surface area contributed by atoms with Crippen LogP contribution >= 0.6 is 0 Å². The third-order valence-electron chi connectivity index (χ3n) is 5.44. The van der Waals surface area contributed by atoms with Crippen LogP contribution in [0.4, 0.5) is 5.82 Å². The van der Waals surface area contributed by atoms with Crippen molar-refractivity contribution in [2.45, 2.75) is 52.5 Å². The van der Waals surface area contributed by atoms with Crippen molar-refractivity contribution in [3.8, 4) is 11.3 Å². The van der Waals surface area contributed by atoms with Gasteiger partial charge in [-0.15, -0.1) is 0 Å². The van der Waals surface area contributed by atoms with Gasteiger partial charge in [0, 0.05) is 17.3 Å². The van der Waals surface area contributed by atoms with E-state index in [-0.39, 0.29) is 0 Å². The van der Waals surface area contributed by atoms with Crippen LogP contribution in [-0.2, 0) is 0 Å². The van der Waals surface area contributed by atoms with Gasteiger partial charge in [-0.2, -0.15) is 0 Å². The number of rotatable bonds is 4. The molecule has 1 aliphatic rings. The van der Waals surface area contributed by atoms with Crippen LogP contribution in [0.1, 0.15) is 49.8 Å². The summed E-state index contributed by atoms with van der Waals surface area (Å²) in [7, 11) is 2.17. The number of hydrogen-bond acceptors (Lipinski definition) is 6. The zero-order chi connectivity index (χ0) is 19.1. The normalized spacial score (nSPS) is 16.5. The largest absolute Gasteiger partial charge is 0.457 e. The van der Waals surface area contributed by atoms with E-state index >= 15 is 0 Å². The van der Waals surface area contributed by atoms with Crippen LogP contribution in [0.15, 0.2) is 21.1 Å². The Morgan fingerprint density at radius 2 is 1.93 bits per heavy atom. The molecule has 6 heteroatoms. The monoisotopic (exact) mass is 368 g/mol. The van der Waals surface area contributed by atoms with Gasteiger partial charge < -0.3 is 19.2 Å². The van der Waals surface area contributed by atoms with Crippen molar-refractivity contribution >= 4 is 16.8 Å². The van der Waals surface area contributed by atoms with Crippen molar-refractivity contribution in [2.24, 2.45) is 0 Å².